The summed E-state index contributed by atoms with van der Waals surface area (Å²) in [6.45, 7) is -8.37. The van der Waals surface area contributed by atoms with Crippen molar-refractivity contribution in [2.45, 2.75) is 251 Å². The lowest BCUT2D eigenvalue weighted by Crippen LogP contribution is -2.69. The van der Waals surface area contributed by atoms with Crippen molar-refractivity contribution in [3.05, 3.63) is 34.1 Å². The van der Waals surface area contributed by atoms with E-state index in [0.29, 0.717) is 82.3 Å². The Morgan fingerprint density at radius 3 is 1.02 bits per heavy atom. The van der Waals surface area contributed by atoms with Crippen LogP contribution < -0.4 is 10.6 Å². The van der Waals surface area contributed by atoms with Gasteiger partial charge in [-0.25, -0.2) is 59.0 Å². The number of hydrogen-bond donors (Lipinski definition) is 15. The Bertz CT molecular complexity index is 6230. The number of nitro benzene ring substituents is 1. The zero-order valence-corrected chi connectivity index (χ0v) is 80.9. The number of hydrogen-bond acceptors (Lipinski definition) is 56. The molecular formula is C55H90N8O64S13. The number of carbonyl (C=O) groups is 1. The molecule has 4 fully saturated rings. The molecule has 2 aromatic heterocycles. The van der Waals surface area contributed by atoms with Gasteiger partial charge in [0, 0.05) is 32.2 Å². The number of nitro groups is 1. The number of rotatable bonds is 64. The van der Waals surface area contributed by atoms with Crippen molar-refractivity contribution in [1.29, 1.82) is 0 Å². The molecule has 6 heterocycles. The minimum Gasteiger partial charge on any atom is -0.377 e. The fourth-order valence-electron chi connectivity index (χ4n) is 13.8. The van der Waals surface area contributed by atoms with Gasteiger partial charge in [-0.1, -0.05) is 88.7 Å². The molecule has 7 rings (SSSR count). The third-order valence-corrected chi connectivity index (χ3v) is 24.9. The first-order valence-electron chi connectivity index (χ1n) is 39.1. The SMILES string of the molecule is O=C(CCCCCCCCCCn1cc(CNc2ccc([N+](=O)[O-])c3nonc23)nn1)NCCCCCCCCCCCO[C@@H]1O[C@H](COS(=O)(=O)O)[C@@H](O[C@H]2O[C@H](COS(=O)(=O)O)[C@@H](O[C@H]3O[C@H](COS(=O)(=O)O)[C@@H](O[C@H]4O[C@H](COS(=O)(=O)O)[C@@H](OS(=O)(=O)O)[C@H](OS(=O)(=O)O)[C@H]4OS(=O)(=O)O)[C@H](OS(=O)(=O)O)[C@H]3OS(=O)(=O)O)[C@H](OS(=O)(=O)O)[C@H]2OS(=O)(=O)O)[C@H](OS(=O)(=O)O)[C@H]1OS(=O)(=O)O. The van der Waals surface area contributed by atoms with Crippen LogP contribution in [0.5, 0.6) is 0 Å². The largest absolute Gasteiger partial charge is 0.397 e. The van der Waals surface area contributed by atoms with Gasteiger partial charge in [0.1, 0.15) is 78.9 Å². The summed E-state index contributed by atoms with van der Waals surface area (Å²) in [5.74, 6) is -0.117. The van der Waals surface area contributed by atoms with Crippen LogP contribution in [-0.4, -0.2) is 367 Å². The van der Waals surface area contributed by atoms with Crippen LogP contribution in [0.2, 0.25) is 0 Å². The Morgan fingerprint density at radius 2 is 0.664 bits per heavy atom. The van der Waals surface area contributed by atoms with Gasteiger partial charge in [-0.2, -0.15) is 109 Å². The molecule has 4 aliphatic rings. The van der Waals surface area contributed by atoms with Crippen molar-refractivity contribution in [3.8, 4) is 0 Å². The lowest BCUT2D eigenvalue weighted by molar-refractivity contribution is -0.383. The number of ether oxygens (including phenoxy) is 8. The lowest BCUT2D eigenvalue weighted by atomic mass is 9.95. The molecule has 0 unspecified atom stereocenters. The molecule has 812 valence electrons. The zero-order valence-electron chi connectivity index (χ0n) is 70.3. The summed E-state index contributed by atoms with van der Waals surface area (Å²) >= 11 is 0. The van der Waals surface area contributed by atoms with Crippen LogP contribution in [0.3, 0.4) is 0 Å². The number of unbranched alkanes of at least 4 members (excludes halogenated alkanes) is 15. The second-order valence-corrected chi connectivity index (χ2v) is 43.2. The highest BCUT2D eigenvalue weighted by Crippen LogP contribution is 2.43. The van der Waals surface area contributed by atoms with Crippen LogP contribution in [-0.2, 0) is 245 Å². The van der Waals surface area contributed by atoms with Crippen LogP contribution in [0.25, 0.3) is 11.0 Å². The molecule has 72 nitrogen and oxygen atoms in total. The normalized spacial score (nSPS) is 26.6. The first-order valence-corrected chi connectivity index (χ1v) is 56.9. The molecule has 3 aromatic rings. The molecular weight excluding hydrogens is 2210 g/mol. The minimum atomic E-state index is -6.80. The highest BCUT2D eigenvalue weighted by molar-refractivity contribution is 7.83. The summed E-state index contributed by atoms with van der Waals surface area (Å²) in [7, 11) is -83.7. The van der Waals surface area contributed by atoms with Crippen molar-refractivity contribution in [1.82, 2.24) is 30.6 Å². The average molecular weight is 2300 g/mol. The standard InChI is InChI=1S/C55H90N8O64S13/c64-37(18-14-10-6-2-4-8-12-16-22-62-25-30(58-61-62)24-57-31-19-20-32(63(65)66)39-38(31)59-127-60-39)56-21-15-11-7-3-1-5-9-13-17-23-106-52-48(123-137(94,95)96)44(119-133(82,83)84)40(33(111-52)26-107-128(67,68)69)115-53-49(124-138(97,98)99)45(120-134(85,86)87)41(34(112-53)27-108-129(70,71)72)116-54-50(125-139(100,101)102)46(121-135(88,89)90)42(35(113-54)28-109-130(73,74)75)117-55-51(126-140(103,104)105)47(122-136(91,92)93)43(118-132(79,80)81)36(114-55)29-110-131(76,77)78/h19-20,25,33-36,40-55,57H,1-18,21-24,26-29H2,(H,56,64)(H,67,68,69)(H,70,71,72)(H,73,74,75)(H,76,77,78)(H,79,80,81)(H,82,83,84)(H,85,86,87)(H,88,89,90)(H,91,92,93)(H,94,95,96)(H,97,98,99)(H,100,101,102)(H,103,104,105)/t33-,34-,35-,36-,40-,41-,42-,43-,44+,45+,46+,47+,48-,49-,50-,51-,52-,53-,54-,55-/m1/s1. The van der Waals surface area contributed by atoms with E-state index in [2.05, 4.69) is 90.3 Å². The molecule has 0 aliphatic carbocycles. The summed E-state index contributed by atoms with van der Waals surface area (Å²) in [4.78, 5) is 23.2. The molecule has 85 heteroatoms. The molecule has 0 spiro atoms. The van der Waals surface area contributed by atoms with Gasteiger partial charge in [0.05, 0.1) is 49.8 Å². The Balaban J connectivity index is 1.07. The number of non-ortho nitro benzene ring substituents is 1. The number of aromatic nitrogens is 5. The summed E-state index contributed by atoms with van der Waals surface area (Å²) in [6.07, 6.45) is -57.3. The molecule has 0 bridgehead atoms. The Hall–Kier alpha value is -5.58. The topological polar surface area (TPSA) is 1050 Å². The van der Waals surface area contributed by atoms with E-state index >= 15 is 0 Å². The summed E-state index contributed by atoms with van der Waals surface area (Å²) < 4.78 is 562. The third-order valence-electron chi connectivity index (χ3n) is 19.0. The van der Waals surface area contributed by atoms with Crippen molar-refractivity contribution < 1.29 is 275 Å². The predicted molar refractivity (Wildman–Crippen MR) is 435 cm³/mol. The Morgan fingerprint density at radius 1 is 0.364 bits per heavy atom. The number of fused-ring (bicyclic) bond motifs is 1. The van der Waals surface area contributed by atoms with Gasteiger partial charge in [-0.05, 0) is 42.1 Å². The maximum atomic E-state index is 13.1. The van der Waals surface area contributed by atoms with E-state index < -0.39 is 296 Å². The highest BCUT2D eigenvalue weighted by Gasteiger charge is 2.63. The maximum Gasteiger partial charge on any atom is 0.397 e. The van der Waals surface area contributed by atoms with Crippen LogP contribution in [0.1, 0.15) is 121 Å². The van der Waals surface area contributed by atoms with Crippen molar-refractivity contribution in [2.24, 2.45) is 0 Å². The molecule has 0 radical (unpaired) electrons. The molecule has 1 amide bonds. The lowest BCUT2D eigenvalue weighted by Gasteiger charge is -2.50. The number of carbonyl (C=O) groups excluding carboxylic acids is 1. The Kier molecular flexibility index (Phi) is 44.5. The van der Waals surface area contributed by atoms with Gasteiger partial charge in [-0.15, -0.1) is 5.10 Å². The number of nitrogens with one attached hydrogen (secondary N) is 2. The Labute approximate surface area is 794 Å². The maximum absolute atomic E-state index is 13.1. The number of nitrogens with zero attached hydrogens (tertiary/aromatic N) is 6. The van der Waals surface area contributed by atoms with Gasteiger partial charge in [0.2, 0.25) is 11.4 Å². The summed E-state index contributed by atoms with van der Waals surface area (Å²) in [6, 6.07) is 2.78. The second kappa shape index (κ2) is 51.4. The van der Waals surface area contributed by atoms with E-state index in [-0.39, 0.29) is 42.0 Å². The minimum absolute atomic E-state index is 0.00311. The smallest absolute Gasteiger partial charge is 0.377 e. The highest BCUT2D eigenvalue weighted by atomic mass is 32.3. The number of amides is 1. The predicted octanol–water partition coefficient (Wildman–Crippen LogP) is -4.49. The van der Waals surface area contributed by atoms with Crippen molar-refractivity contribution in [2.75, 3.05) is 44.9 Å². The molecule has 0 saturated carbocycles. The van der Waals surface area contributed by atoms with E-state index in [4.69, 9.17) is 37.9 Å². The van der Waals surface area contributed by atoms with Gasteiger partial charge >= 0.3 is 141 Å². The molecule has 4 saturated heterocycles. The molecule has 15 N–H and O–H groups in total. The summed E-state index contributed by atoms with van der Waals surface area (Å²) in [5, 5.41) is 33.0. The summed E-state index contributed by atoms with van der Waals surface area (Å²) in [5.41, 5.74) is 1.04. The first-order chi connectivity index (χ1) is 64.2. The van der Waals surface area contributed by atoms with Crippen molar-refractivity contribution in [3.63, 3.8) is 0 Å². The third kappa shape index (κ3) is 45.0. The van der Waals surface area contributed by atoms with E-state index in [1.165, 1.54) is 12.1 Å². The van der Waals surface area contributed by atoms with E-state index in [0.717, 1.165) is 44.9 Å². The molecule has 20 atom stereocenters. The average Bonchev–Trinajstić information content (AvgIpc) is 1.00. The fourth-order valence-corrected chi connectivity index (χ4v) is 19.4. The molecule has 1 aromatic carbocycles. The van der Waals surface area contributed by atoms with E-state index in [1.807, 2.05) is 0 Å². The number of anilines is 1. The zero-order chi connectivity index (χ0) is 105. The monoisotopic (exact) mass is 2300 g/mol. The van der Waals surface area contributed by atoms with E-state index in [1.54, 1.807) is 10.9 Å². The molecule has 140 heavy (non-hydrogen) atoms. The fraction of sp³-hybridized carbons (Fsp3) is 0.836. The number of aryl methyl sites for hydroxylation is 1. The van der Waals surface area contributed by atoms with Crippen molar-refractivity contribution >= 4 is 164 Å². The van der Waals surface area contributed by atoms with Crippen LogP contribution in [0.4, 0.5) is 11.4 Å². The van der Waals surface area contributed by atoms with Crippen LogP contribution >= 0.6 is 0 Å². The van der Waals surface area contributed by atoms with Crippen LogP contribution in [0.15, 0.2) is 23.0 Å². The van der Waals surface area contributed by atoms with Gasteiger partial charge in [-0.3, -0.25) is 78.8 Å². The van der Waals surface area contributed by atoms with Gasteiger partial charge in [0.15, 0.2) is 55.1 Å². The van der Waals surface area contributed by atoms with E-state index in [9.17, 15) is 184 Å². The second-order valence-electron chi connectivity index (χ2n) is 29.4. The van der Waals surface area contributed by atoms with Gasteiger partial charge < -0.3 is 48.5 Å². The first kappa shape index (κ1) is 121. The van der Waals surface area contributed by atoms with Crippen LogP contribution in [0, 0.1) is 10.1 Å². The van der Waals surface area contributed by atoms with Gasteiger partial charge in [0.25, 0.3) is 0 Å². The number of benzene rings is 1. The molecule has 4 aliphatic heterocycles. The quantitative estimate of drug-likeness (QED) is 0.0110.